The van der Waals surface area contributed by atoms with Gasteiger partial charge >= 0.3 is 11.9 Å². The molecule has 0 atom stereocenters. The Balaban J connectivity index is 2.64. The molecule has 0 spiro atoms. The molecule has 0 aliphatic heterocycles. The summed E-state index contributed by atoms with van der Waals surface area (Å²) in [5.41, 5.74) is 1.03. The van der Waals surface area contributed by atoms with Gasteiger partial charge < -0.3 is 10.2 Å². The van der Waals surface area contributed by atoms with Crippen molar-refractivity contribution in [3.05, 3.63) is 53.1 Å². The Kier molecular flexibility index (Phi) is 3.57. The van der Waals surface area contributed by atoms with Crippen LogP contribution in [0.2, 0.25) is 0 Å². The maximum absolute atomic E-state index is 11.2. The molecule has 0 saturated heterocycles. The van der Waals surface area contributed by atoms with E-state index in [1.807, 2.05) is 6.08 Å². The van der Waals surface area contributed by atoms with E-state index in [4.69, 9.17) is 17.3 Å². The van der Waals surface area contributed by atoms with Crippen molar-refractivity contribution in [1.29, 1.82) is 0 Å². The van der Waals surface area contributed by atoms with Crippen LogP contribution in [-0.4, -0.2) is 27.0 Å². The van der Waals surface area contributed by atoms with Crippen LogP contribution in [0.1, 0.15) is 32.7 Å². The van der Waals surface area contributed by atoms with Crippen molar-refractivity contribution >= 4 is 34.6 Å². The molecule has 0 fully saturated rings. The fourth-order valence-corrected chi connectivity index (χ4v) is 2.14. The van der Waals surface area contributed by atoms with Crippen LogP contribution in [0, 0.1) is 0 Å². The van der Waals surface area contributed by atoms with Crippen LogP contribution in [0.3, 0.4) is 0 Å². The quantitative estimate of drug-likeness (QED) is 0.829. The number of thiocarbonyl (C=S) groups is 1. The van der Waals surface area contributed by atoms with E-state index in [1.165, 1.54) is 18.2 Å². The predicted octanol–water partition coefficient (Wildman–Crippen LogP) is 2.80. The highest BCUT2D eigenvalue weighted by Crippen LogP contribution is 2.26. The number of hydrogen-bond acceptors (Lipinski definition) is 3. The zero-order valence-corrected chi connectivity index (χ0v) is 10.6. The summed E-state index contributed by atoms with van der Waals surface area (Å²) in [5, 5.41) is 18.2. The molecule has 1 aromatic rings. The van der Waals surface area contributed by atoms with E-state index in [-0.39, 0.29) is 11.1 Å². The third kappa shape index (κ3) is 2.61. The van der Waals surface area contributed by atoms with E-state index in [2.05, 4.69) is 0 Å². The zero-order chi connectivity index (χ0) is 14.0. The van der Waals surface area contributed by atoms with Crippen LogP contribution in [0.5, 0.6) is 0 Å². The van der Waals surface area contributed by atoms with E-state index < -0.39 is 11.9 Å². The minimum absolute atomic E-state index is 0.0400. The van der Waals surface area contributed by atoms with Gasteiger partial charge in [0.1, 0.15) is 0 Å². The number of allylic oxidation sites excluding steroid dienone is 4. The molecule has 5 heteroatoms. The molecule has 1 aromatic carbocycles. The Bertz CT molecular complexity index is 641. The minimum atomic E-state index is -1.11. The molecule has 0 unspecified atom stereocenters. The zero-order valence-electron chi connectivity index (χ0n) is 9.79. The van der Waals surface area contributed by atoms with E-state index in [0.29, 0.717) is 22.4 Å². The summed E-state index contributed by atoms with van der Waals surface area (Å²) < 4.78 is 0. The number of hydrogen-bond donors (Lipinski definition) is 2. The van der Waals surface area contributed by atoms with Crippen molar-refractivity contribution in [2.24, 2.45) is 0 Å². The second-order valence-electron chi connectivity index (χ2n) is 4.01. The van der Waals surface area contributed by atoms with Crippen molar-refractivity contribution in [2.75, 3.05) is 0 Å². The first kappa shape index (κ1) is 13.2. The van der Waals surface area contributed by atoms with Gasteiger partial charge in [-0.3, -0.25) is 0 Å². The van der Waals surface area contributed by atoms with Gasteiger partial charge in [0.25, 0.3) is 0 Å². The topological polar surface area (TPSA) is 74.6 Å². The lowest BCUT2D eigenvalue weighted by molar-refractivity contribution is 0.0681. The summed E-state index contributed by atoms with van der Waals surface area (Å²) in [7, 11) is 0. The Hall–Kier alpha value is -2.27. The fourth-order valence-electron chi connectivity index (χ4n) is 1.87. The van der Waals surface area contributed by atoms with Crippen molar-refractivity contribution in [1.82, 2.24) is 0 Å². The SMILES string of the molecule is O=C(O)c1ccc(C(=O)O)c(C2=CC=CCC2=S)c1. The van der Waals surface area contributed by atoms with Gasteiger partial charge in [-0.05, 0) is 29.3 Å². The largest absolute Gasteiger partial charge is 0.478 e. The maximum Gasteiger partial charge on any atom is 0.336 e. The second kappa shape index (κ2) is 5.16. The highest BCUT2D eigenvalue weighted by Gasteiger charge is 2.19. The molecule has 0 heterocycles. The lowest BCUT2D eigenvalue weighted by Crippen LogP contribution is -2.09. The lowest BCUT2D eigenvalue weighted by Gasteiger charge is -2.14. The van der Waals surface area contributed by atoms with Crippen LogP contribution < -0.4 is 0 Å². The van der Waals surface area contributed by atoms with Gasteiger partial charge in [-0.15, -0.1) is 0 Å². The van der Waals surface area contributed by atoms with Crippen LogP contribution in [0.25, 0.3) is 5.57 Å². The molecular formula is C14H10O4S. The molecule has 4 nitrogen and oxygen atoms in total. The lowest BCUT2D eigenvalue weighted by atomic mass is 9.92. The first-order chi connectivity index (χ1) is 9.00. The van der Waals surface area contributed by atoms with Gasteiger partial charge in [0.05, 0.1) is 11.1 Å². The number of carboxylic acids is 2. The second-order valence-corrected chi connectivity index (χ2v) is 4.50. The molecule has 1 aliphatic carbocycles. The first-order valence-electron chi connectivity index (χ1n) is 5.51. The highest BCUT2D eigenvalue weighted by atomic mass is 32.1. The third-order valence-corrected chi connectivity index (χ3v) is 3.18. The Labute approximate surface area is 114 Å². The van der Waals surface area contributed by atoms with E-state index in [0.717, 1.165) is 0 Å². The van der Waals surface area contributed by atoms with Gasteiger partial charge in [0, 0.05) is 11.3 Å². The molecule has 0 aromatic heterocycles. The summed E-state index contributed by atoms with van der Waals surface area (Å²) in [6, 6.07) is 3.92. The molecular weight excluding hydrogens is 264 g/mol. The molecule has 2 rings (SSSR count). The Morgan fingerprint density at radius 3 is 2.47 bits per heavy atom. The van der Waals surface area contributed by atoms with Gasteiger partial charge in [-0.1, -0.05) is 30.4 Å². The van der Waals surface area contributed by atoms with Crippen molar-refractivity contribution < 1.29 is 19.8 Å². The van der Waals surface area contributed by atoms with Crippen molar-refractivity contribution in [3.63, 3.8) is 0 Å². The number of carboxylic acid groups (broad SMARTS) is 2. The summed E-state index contributed by atoms with van der Waals surface area (Å²) in [5.74, 6) is -2.21. The van der Waals surface area contributed by atoms with E-state index in [9.17, 15) is 14.7 Å². The van der Waals surface area contributed by atoms with Gasteiger partial charge in [0.2, 0.25) is 0 Å². The standard InChI is InChI=1S/C14H10O4S/c15-13(16)8-5-6-10(14(17)18)11(7-8)9-3-1-2-4-12(9)19/h1-3,5-7H,4H2,(H,15,16)(H,17,18). The molecule has 96 valence electrons. The van der Waals surface area contributed by atoms with Crippen molar-refractivity contribution in [3.8, 4) is 0 Å². The average molecular weight is 274 g/mol. The van der Waals surface area contributed by atoms with Crippen LogP contribution in [0.15, 0.2) is 36.4 Å². The van der Waals surface area contributed by atoms with Gasteiger partial charge in [0.15, 0.2) is 0 Å². The first-order valence-corrected chi connectivity index (χ1v) is 5.92. The van der Waals surface area contributed by atoms with E-state index in [1.54, 1.807) is 12.2 Å². The molecule has 0 amide bonds. The summed E-state index contributed by atoms with van der Waals surface area (Å²) in [4.78, 5) is 22.8. The Morgan fingerprint density at radius 1 is 1.16 bits per heavy atom. The summed E-state index contributed by atoms with van der Waals surface area (Å²) in [6.45, 7) is 0. The molecule has 0 bridgehead atoms. The minimum Gasteiger partial charge on any atom is -0.478 e. The van der Waals surface area contributed by atoms with Crippen LogP contribution >= 0.6 is 12.2 Å². The monoisotopic (exact) mass is 274 g/mol. The highest BCUT2D eigenvalue weighted by molar-refractivity contribution is 7.81. The molecule has 2 N–H and O–H groups in total. The third-order valence-electron chi connectivity index (χ3n) is 2.79. The number of carbonyl (C=O) groups is 2. The molecule has 0 saturated carbocycles. The number of rotatable bonds is 3. The number of aromatic carboxylic acids is 2. The van der Waals surface area contributed by atoms with E-state index >= 15 is 0 Å². The smallest absolute Gasteiger partial charge is 0.336 e. The number of benzene rings is 1. The van der Waals surface area contributed by atoms with Gasteiger partial charge in [-0.2, -0.15) is 0 Å². The predicted molar refractivity (Wildman–Crippen MR) is 74.7 cm³/mol. The molecule has 1 aliphatic rings. The average Bonchev–Trinajstić information content (AvgIpc) is 2.38. The Morgan fingerprint density at radius 2 is 1.89 bits per heavy atom. The van der Waals surface area contributed by atoms with Crippen molar-refractivity contribution in [2.45, 2.75) is 6.42 Å². The summed E-state index contributed by atoms with van der Waals surface area (Å²) >= 11 is 5.20. The van der Waals surface area contributed by atoms with Crippen LogP contribution in [0.4, 0.5) is 0 Å². The normalized spacial score (nSPS) is 14.1. The summed E-state index contributed by atoms with van der Waals surface area (Å²) in [6.07, 6.45) is 5.91. The van der Waals surface area contributed by atoms with Gasteiger partial charge in [-0.25, -0.2) is 9.59 Å². The maximum atomic E-state index is 11.2. The van der Waals surface area contributed by atoms with Crippen LogP contribution in [-0.2, 0) is 0 Å². The molecule has 19 heavy (non-hydrogen) atoms. The molecule has 0 radical (unpaired) electrons. The fraction of sp³-hybridized carbons (Fsp3) is 0.0714.